The molecule has 0 aromatic rings. The van der Waals surface area contributed by atoms with E-state index in [9.17, 15) is 14.4 Å². The summed E-state index contributed by atoms with van der Waals surface area (Å²) in [6.45, 7) is 4.44. The molecular weight excluding hydrogens is 248 g/mol. The lowest BCUT2D eigenvalue weighted by atomic mass is 10.1. The summed E-state index contributed by atoms with van der Waals surface area (Å²) in [5.74, 6) is -1.28. The van der Waals surface area contributed by atoms with Gasteiger partial charge in [0.05, 0.1) is 0 Å². The summed E-state index contributed by atoms with van der Waals surface area (Å²) < 4.78 is 0. The van der Waals surface area contributed by atoms with Crippen LogP contribution < -0.4 is 0 Å². The second-order valence-electron chi connectivity index (χ2n) is 4.77. The van der Waals surface area contributed by atoms with Crippen molar-refractivity contribution < 1.29 is 19.5 Å². The normalized spacial score (nSPS) is 16.5. The molecule has 0 aliphatic carbocycles. The lowest BCUT2D eigenvalue weighted by Gasteiger charge is -2.31. The monoisotopic (exact) mass is 270 g/mol. The van der Waals surface area contributed by atoms with Crippen LogP contribution in [0.2, 0.25) is 0 Å². The van der Waals surface area contributed by atoms with Crippen molar-refractivity contribution in [1.82, 2.24) is 9.80 Å². The van der Waals surface area contributed by atoms with Gasteiger partial charge in [-0.3, -0.25) is 14.4 Å². The minimum atomic E-state index is -1.02. The van der Waals surface area contributed by atoms with Gasteiger partial charge in [-0.15, -0.1) is 0 Å². The fourth-order valence-corrected chi connectivity index (χ4v) is 2.44. The maximum atomic E-state index is 12.4. The van der Waals surface area contributed by atoms with Crippen molar-refractivity contribution in [3.63, 3.8) is 0 Å². The maximum absolute atomic E-state index is 12.4. The van der Waals surface area contributed by atoms with Crippen LogP contribution in [-0.4, -0.2) is 58.4 Å². The van der Waals surface area contributed by atoms with Crippen LogP contribution in [0.3, 0.4) is 0 Å². The molecule has 108 valence electrons. The first-order chi connectivity index (χ1) is 9.01. The molecule has 1 unspecified atom stereocenters. The molecule has 0 radical (unpaired) electrons. The van der Waals surface area contributed by atoms with Crippen molar-refractivity contribution in [3.8, 4) is 0 Å². The van der Waals surface area contributed by atoms with Crippen molar-refractivity contribution in [2.75, 3.05) is 19.6 Å². The van der Waals surface area contributed by atoms with Gasteiger partial charge in [0.1, 0.15) is 12.6 Å². The summed E-state index contributed by atoms with van der Waals surface area (Å²) in [5.41, 5.74) is 0. The summed E-state index contributed by atoms with van der Waals surface area (Å²) in [5, 5.41) is 8.86. The highest BCUT2D eigenvalue weighted by Gasteiger charge is 2.34. The first kappa shape index (κ1) is 15.5. The van der Waals surface area contributed by atoms with E-state index in [1.54, 1.807) is 4.90 Å². The first-order valence-electron chi connectivity index (χ1n) is 6.81. The fraction of sp³-hybridized carbons (Fsp3) is 0.769. The number of aliphatic carboxylic acids is 1. The molecule has 1 rings (SSSR count). The molecule has 6 nitrogen and oxygen atoms in total. The molecular formula is C13H22N2O4. The molecule has 1 N–H and O–H groups in total. The fourth-order valence-electron chi connectivity index (χ4n) is 2.44. The molecule has 6 heteroatoms. The number of amides is 2. The molecule has 0 spiro atoms. The van der Waals surface area contributed by atoms with Crippen LogP contribution in [0.25, 0.3) is 0 Å². The second kappa shape index (κ2) is 7.11. The second-order valence-corrected chi connectivity index (χ2v) is 4.77. The Morgan fingerprint density at radius 1 is 1.42 bits per heavy atom. The van der Waals surface area contributed by atoms with Gasteiger partial charge >= 0.3 is 5.97 Å². The van der Waals surface area contributed by atoms with Gasteiger partial charge in [0.15, 0.2) is 0 Å². The first-order valence-corrected chi connectivity index (χ1v) is 6.81. The zero-order valence-electron chi connectivity index (χ0n) is 11.6. The highest BCUT2D eigenvalue weighted by Crippen LogP contribution is 2.17. The largest absolute Gasteiger partial charge is 0.480 e. The SMILES string of the molecule is CCCN(CC(=O)O)C(=O)C(CC)N1CCCC1=O. The van der Waals surface area contributed by atoms with E-state index >= 15 is 0 Å². The molecule has 0 aromatic carbocycles. The van der Waals surface area contributed by atoms with Crippen LogP contribution in [0.15, 0.2) is 0 Å². The third-order valence-electron chi connectivity index (χ3n) is 3.29. The van der Waals surface area contributed by atoms with Gasteiger partial charge in [0.2, 0.25) is 11.8 Å². The number of likely N-dealkylation sites (tertiary alicyclic amines) is 1. The molecule has 1 fully saturated rings. The van der Waals surface area contributed by atoms with Gasteiger partial charge in [-0.2, -0.15) is 0 Å². The standard InChI is InChI=1S/C13H22N2O4/c1-3-7-14(9-12(17)18)13(19)10(4-2)15-8-5-6-11(15)16/h10H,3-9H2,1-2H3,(H,17,18). The van der Waals surface area contributed by atoms with Crippen LogP contribution in [0, 0.1) is 0 Å². The molecule has 1 atom stereocenters. The highest BCUT2D eigenvalue weighted by atomic mass is 16.4. The number of nitrogens with zero attached hydrogens (tertiary/aromatic N) is 2. The summed E-state index contributed by atoms with van der Waals surface area (Å²) in [4.78, 5) is 37.9. The van der Waals surface area contributed by atoms with Gasteiger partial charge in [-0.1, -0.05) is 13.8 Å². The van der Waals surface area contributed by atoms with E-state index in [4.69, 9.17) is 5.11 Å². The smallest absolute Gasteiger partial charge is 0.323 e. The summed E-state index contributed by atoms with van der Waals surface area (Å²) in [6, 6.07) is -0.513. The van der Waals surface area contributed by atoms with E-state index < -0.39 is 12.0 Å². The van der Waals surface area contributed by atoms with Crippen LogP contribution in [0.5, 0.6) is 0 Å². The van der Waals surface area contributed by atoms with Crippen molar-refractivity contribution in [3.05, 3.63) is 0 Å². The number of carboxylic acids is 1. The van der Waals surface area contributed by atoms with Crippen molar-refractivity contribution in [2.24, 2.45) is 0 Å². The number of rotatable bonds is 7. The number of carbonyl (C=O) groups excluding carboxylic acids is 2. The quantitative estimate of drug-likeness (QED) is 0.739. The Kier molecular flexibility index (Phi) is 5.79. The molecule has 2 amide bonds. The van der Waals surface area contributed by atoms with Crippen LogP contribution in [0.1, 0.15) is 39.5 Å². The van der Waals surface area contributed by atoms with E-state index in [1.165, 1.54) is 4.90 Å². The minimum absolute atomic E-state index is 0.00743. The molecule has 19 heavy (non-hydrogen) atoms. The van der Waals surface area contributed by atoms with Gasteiger partial charge in [0.25, 0.3) is 0 Å². The van der Waals surface area contributed by atoms with Crippen molar-refractivity contribution in [1.29, 1.82) is 0 Å². The highest BCUT2D eigenvalue weighted by molar-refractivity contribution is 5.90. The molecule has 0 bridgehead atoms. The van der Waals surface area contributed by atoms with E-state index in [1.807, 2.05) is 13.8 Å². The van der Waals surface area contributed by atoms with Crippen LogP contribution in [0.4, 0.5) is 0 Å². The Hall–Kier alpha value is -1.59. The summed E-state index contributed by atoms with van der Waals surface area (Å²) in [7, 11) is 0. The molecule has 1 aliphatic rings. The number of carboxylic acid groups (broad SMARTS) is 1. The summed E-state index contributed by atoms with van der Waals surface area (Å²) in [6.07, 6.45) is 2.47. The summed E-state index contributed by atoms with van der Waals surface area (Å²) >= 11 is 0. The molecule has 1 aliphatic heterocycles. The van der Waals surface area contributed by atoms with Crippen molar-refractivity contribution >= 4 is 17.8 Å². The lowest BCUT2D eigenvalue weighted by molar-refractivity contribution is -0.149. The number of carbonyl (C=O) groups is 3. The van der Waals surface area contributed by atoms with E-state index in [0.717, 1.165) is 6.42 Å². The van der Waals surface area contributed by atoms with E-state index in [0.29, 0.717) is 32.4 Å². The van der Waals surface area contributed by atoms with Crippen molar-refractivity contribution in [2.45, 2.75) is 45.6 Å². The Labute approximate surface area is 113 Å². The molecule has 0 aromatic heterocycles. The van der Waals surface area contributed by atoms with Gasteiger partial charge < -0.3 is 14.9 Å². The third-order valence-corrected chi connectivity index (χ3v) is 3.29. The topological polar surface area (TPSA) is 77.9 Å². The molecule has 1 saturated heterocycles. The van der Waals surface area contributed by atoms with Gasteiger partial charge in [0, 0.05) is 19.5 Å². The number of hydrogen-bond donors (Lipinski definition) is 1. The van der Waals surface area contributed by atoms with Crippen LogP contribution >= 0.6 is 0 Å². The Balaban J connectivity index is 2.79. The van der Waals surface area contributed by atoms with Crippen LogP contribution in [-0.2, 0) is 14.4 Å². The van der Waals surface area contributed by atoms with Gasteiger partial charge in [-0.05, 0) is 19.3 Å². The van der Waals surface area contributed by atoms with Gasteiger partial charge in [-0.25, -0.2) is 0 Å². The zero-order chi connectivity index (χ0) is 14.4. The predicted octanol–water partition coefficient (Wildman–Crippen LogP) is 0.711. The van der Waals surface area contributed by atoms with E-state index in [-0.39, 0.29) is 18.4 Å². The average Bonchev–Trinajstić information content (AvgIpc) is 2.75. The lowest BCUT2D eigenvalue weighted by Crippen LogP contribution is -2.50. The molecule has 1 heterocycles. The third kappa shape index (κ3) is 3.94. The minimum Gasteiger partial charge on any atom is -0.480 e. The Bertz CT molecular complexity index is 357. The average molecular weight is 270 g/mol. The molecule has 0 saturated carbocycles. The zero-order valence-corrected chi connectivity index (χ0v) is 11.6. The van der Waals surface area contributed by atoms with E-state index in [2.05, 4.69) is 0 Å². The Morgan fingerprint density at radius 3 is 2.53 bits per heavy atom. The maximum Gasteiger partial charge on any atom is 0.323 e. The predicted molar refractivity (Wildman–Crippen MR) is 69.5 cm³/mol. The Morgan fingerprint density at radius 2 is 2.11 bits per heavy atom. The number of hydrogen-bond acceptors (Lipinski definition) is 3.